The van der Waals surface area contributed by atoms with Crippen molar-refractivity contribution in [2.75, 3.05) is 25.2 Å². The molecule has 2 heterocycles. The lowest BCUT2D eigenvalue weighted by atomic mass is 10.1. The standard InChI is InChI=1S/C16H27N3O/c1-12-8-15(19(5)14-6-7-20-11-14)13(9-17-12)10-18-16(2,3)4/h8-9,14,18H,6-7,10-11H2,1-5H3. The molecule has 1 atom stereocenters. The fraction of sp³-hybridized carbons (Fsp3) is 0.688. The van der Waals surface area contributed by atoms with Crippen molar-refractivity contribution in [1.29, 1.82) is 0 Å². The Hall–Kier alpha value is -1.13. The summed E-state index contributed by atoms with van der Waals surface area (Å²) in [5.74, 6) is 0. The number of pyridine rings is 1. The molecule has 0 aliphatic carbocycles. The summed E-state index contributed by atoms with van der Waals surface area (Å²) in [5.41, 5.74) is 3.69. The summed E-state index contributed by atoms with van der Waals surface area (Å²) in [6.45, 7) is 11.1. The summed E-state index contributed by atoms with van der Waals surface area (Å²) in [7, 11) is 2.16. The highest BCUT2D eigenvalue weighted by atomic mass is 16.5. The molecule has 4 nitrogen and oxygen atoms in total. The van der Waals surface area contributed by atoms with Crippen molar-refractivity contribution in [1.82, 2.24) is 10.3 Å². The molecule has 4 heteroatoms. The van der Waals surface area contributed by atoms with E-state index in [0.29, 0.717) is 6.04 Å². The third-order valence-electron chi connectivity index (χ3n) is 3.74. The van der Waals surface area contributed by atoms with E-state index >= 15 is 0 Å². The van der Waals surface area contributed by atoms with Crippen LogP contribution in [-0.2, 0) is 11.3 Å². The van der Waals surface area contributed by atoms with Gasteiger partial charge in [-0.2, -0.15) is 0 Å². The van der Waals surface area contributed by atoms with Gasteiger partial charge >= 0.3 is 0 Å². The van der Waals surface area contributed by atoms with Crippen molar-refractivity contribution >= 4 is 5.69 Å². The molecule has 1 unspecified atom stereocenters. The van der Waals surface area contributed by atoms with Gasteiger partial charge in [-0.3, -0.25) is 4.98 Å². The molecule has 2 rings (SSSR count). The number of anilines is 1. The van der Waals surface area contributed by atoms with Crippen LogP contribution in [0.15, 0.2) is 12.3 Å². The Morgan fingerprint density at radius 3 is 2.80 bits per heavy atom. The fourth-order valence-corrected chi connectivity index (χ4v) is 2.42. The maximum Gasteiger partial charge on any atom is 0.0670 e. The SMILES string of the molecule is Cc1cc(N(C)C2CCOC2)c(CNC(C)(C)C)cn1. The first-order chi connectivity index (χ1) is 9.37. The van der Waals surface area contributed by atoms with Crippen LogP contribution in [0.5, 0.6) is 0 Å². The largest absolute Gasteiger partial charge is 0.379 e. The van der Waals surface area contributed by atoms with Gasteiger partial charge in [0.25, 0.3) is 0 Å². The summed E-state index contributed by atoms with van der Waals surface area (Å²) in [5, 5.41) is 3.55. The van der Waals surface area contributed by atoms with Gasteiger partial charge in [-0.1, -0.05) is 0 Å². The number of likely N-dealkylation sites (N-methyl/N-ethyl adjacent to an activating group) is 1. The first-order valence-electron chi connectivity index (χ1n) is 7.38. The molecule has 0 radical (unpaired) electrons. The molecule has 1 saturated heterocycles. The van der Waals surface area contributed by atoms with E-state index in [1.54, 1.807) is 0 Å². The smallest absolute Gasteiger partial charge is 0.0670 e. The molecule has 0 bridgehead atoms. The molecule has 1 fully saturated rings. The third-order valence-corrected chi connectivity index (χ3v) is 3.74. The molecule has 1 aliphatic heterocycles. The molecular weight excluding hydrogens is 250 g/mol. The van der Waals surface area contributed by atoms with E-state index in [1.165, 1.54) is 11.3 Å². The second-order valence-electron chi connectivity index (χ2n) is 6.69. The Kier molecular flexibility index (Phi) is 4.66. The van der Waals surface area contributed by atoms with E-state index in [9.17, 15) is 0 Å². The average Bonchev–Trinajstić information content (AvgIpc) is 2.89. The third kappa shape index (κ3) is 3.93. The molecular formula is C16H27N3O. The molecule has 112 valence electrons. The number of nitrogens with one attached hydrogen (secondary N) is 1. The van der Waals surface area contributed by atoms with Crippen LogP contribution in [0.2, 0.25) is 0 Å². The van der Waals surface area contributed by atoms with Crippen LogP contribution >= 0.6 is 0 Å². The number of ether oxygens (including phenoxy) is 1. The number of hydrogen-bond acceptors (Lipinski definition) is 4. The maximum absolute atomic E-state index is 5.51. The van der Waals surface area contributed by atoms with Crippen molar-refractivity contribution in [3.05, 3.63) is 23.5 Å². The summed E-state index contributed by atoms with van der Waals surface area (Å²) in [6, 6.07) is 2.66. The predicted molar refractivity (Wildman–Crippen MR) is 83.2 cm³/mol. The quantitative estimate of drug-likeness (QED) is 0.917. The van der Waals surface area contributed by atoms with E-state index in [-0.39, 0.29) is 5.54 Å². The summed E-state index contributed by atoms with van der Waals surface area (Å²) in [4.78, 5) is 6.80. The van der Waals surface area contributed by atoms with Crippen LogP contribution in [0.25, 0.3) is 0 Å². The Balaban J connectivity index is 2.18. The normalized spacial score (nSPS) is 19.4. The van der Waals surface area contributed by atoms with Gasteiger partial charge in [-0.15, -0.1) is 0 Å². The highest BCUT2D eigenvalue weighted by molar-refractivity contribution is 5.54. The zero-order chi connectivity index (χ0) is 14.8. The Bertz CT molecular complexity index is 448. The Labute approximate surface area is 122 Å². The highest BCUT2D eigenvalue weighted by Crippen LogP contribution is 2.25. The van der Waals surface area contributed by atoms with Crippen molar-refractivity contribution in [2.45, 2.75) is 52.2 Å². The van der Waals surface area contributed by atoms with Gasteiger partial charge in [0.05, 0.1) is 12.6 Å². The number of nitrogens with zero attached hydrogens (tertiary/aromatic N) is 2. The van der Waals surface area contributed by atoms with Gasteiger partial charge in [-0.25, -0.2) is 0 Å². The van der Waals surface area contributed by atoms with E-state index in [2.05, 4.69) is 49.1 Å². The molecule has 0 amide bonds. The number of hydrogen-bond donors (Lipinski definition) is 1. The fourth-order valence-electron chi connectivity index (χ4n) is 2.42. The first-order valence-corrected chi connectivity index (χ1v) is 7.38. The van der Waals surface area contributed by atoms with Gasteiger partial charge in [0, 0.05) is 48.9 Å². The Morgan fingerprint density at radius 2 is 2.20 bits per heavy atom. The number of aromatic nitrogens is 1. The number of rotatable bonds is 4. The van der Waals surface area contributed by atoms with Crippen LogP contribution < -0.4 is 10.2 Å². The summed E-state index contributed by atoms with van der Waals surface area (Å²) >= 11 is 0. The van der Waals surface area contributed by atoms with Gasteiger partial charge < -0.3 is 15.0 Å². The van der Waals surface area contributed by atoms with Gasteiger partial charge in [-0.05, 0) is 40.2 Å². The molecule has 0 saturated carbocycles. The zero-order valence-corrected chi connectivity index (χ0v) is 13.4. The van der Waals surface area contributed by atoms with Crippen molar-refractivity contribution in [3.8, 4) is 0 Å². The van der Waals surface area contributed by atoms with E-state index in [4.69, 9.17) is 4.74 Å². The number of aryl methyl sites for hydroxylation is 1. The van der Waals surface area contributed by atoms with Crippen LogP contribution in [-0.4, -0.2) is 36.8 Å². The van der Waals surface area contributed by atoms with Crippen molar-refractivity contribution < 1.29 is 4.74 Å². The van der Waals surface area contributed by atoms with Gasteiger partial charge in [0.1, 0.15) is 0 Å². The zero-order valence-electron chi connectivity index (χ0n) is 13.4. The van der Waals surface area contributed by atoms with E-state index in [0.717, 1.165) is 31.9 Å². The molecule has 0 spiro atoms. The van der Waals surface area contributed by atoms with Crippen LogP contribution in [0.3, 0.4) is 0 Å². The van der Waals surface area contributed by atoms with Crippen LogP contribution in [0, 0.1) is 6.92 Å². The molecule has 1 aromatic rings. The monoisotopic (exact) mass is 277 g/mol. The topological polar surface area (TPSA) is 37.4 Å². The lowest BCUT2D eigenvalue weighted by Gasteiger charge is -2.29. The molecule has 20 heavy (non-hydrogen) atoms. The van der Waals surface area contributed by atoms with Gasteiger partial charge in [0.2, 0.25) is 0 Å². The first kappa shape index (κ1) is 15.3. The summed E-state index contributed by atoms with van der Waals surface area (Å²) in [6.07, 6.45) is 3.10. The second kappa shape index (κ2) is 6.10. The Morgan fingerprint density at radius 1 is 1.45 bits per heavy atom. The molecule has 1 aliphatic rings. The lowest BCUT2D eigenvalue weighted by molar-refractivity contribution is 0.193. The van der Waals surface area contributed by atoms with Crippen molar-refractivity contribution in [3.63, 3.8) is 0 Å². The van der Waals surface area contributed by atoms with Crippen LogP contribution in [0.1, 0.15) is 38.4 Å². The van der Waals surface area contributed by atoms with Crippen LogP contribution in [0.4, 0.5) is 5.69 Å². The summed E-state index contributed by atoms with van der Waals surface area (Å²) < 4.78 is 5.51. The van der Waals surface area contributed by atoms with E-state index < -0.39 is 0 Å². The van der Waals surface area contributed by atoms with Gasteiger partial charge in [0.15, 0.2) is 0 Å². The minimum atomic E-state index is 0.108. The van der Waals surface area contributed by atoms with E-state index in [1.807, 2.05) is 13.1 Å². The highest BCUT2D eigenvalue weighted by Gasteiger charge is 2.23. The predicted octanol–water partition coefficient (Wildman–Crippen LogP) is 2.50. The second-order valence-corrected chi connectivity index (χ2v) is 6.69. The van der Waals surface area contributed by atoms with Crippen molar-refractivity contribution in [2.24, 2.45) is 0 Å². The molecule has 0 aromatic carbocycles. The lowest BCUT2D eigenvalue weighted by Crippen LogP contribution is -2.37. The molecule has 1 N–H and O–H groups in total. The minimum absolute atomic E-state index is 0.108. The molecule has 1 aromatic heterocycles. The maximum atomic E-state index is 5.51. The minimum Gasteiger partial charge on any atom is -0.379 e. The average molecular weight is 277 g/mol.